The van der Waals surface area contributed by atoms with E-state index in [-0.39, 0.29) is 12.5 Å². The van der Waals surface area contributed by atoms with Crippen molar-refractivity contribution in [3.8, 4) is 0 Å². The van der Waals surface area contributed by atoms with Crippen LogP contribution in [-0.2, 0) is 11.3 Å². The molecular weight excluding hydrogens is 344 g/mol. The number of anilines is 2. The van der Waals surface area contributed by atoms with Crippen LogP contribution in [0, 0.1) is 20.8 Å². The van der Waals surface area contributed by atoms with Crippen LogP contribution >= 0.6 is 0 Å². The summed E-state index contributed by atoms with van der Waals surface area (Å²) in [5.74, 6) is 0.133. The lowest BCUT2D eigenvalue weighted by molar-refractivity contribution is -0.121. The fourth-order valence-electron chi connectivity index (χ4n) is 2.74. The molecule has 142 valence electrons. The number of hydrogen-bond acceptors (Lipinski definition) is 5. The molecule has 0 saturated carbocycles. The van der Waals surface area contributed by atoms with Gasteiger partial charge in [0, 0.05) is 24.0 Å². The number of nitrogens with one attached hydrogen (secondary N) is 2. The lowest BCUT2D eigenvalue weighted by Crippen LogP contribution is -2.33. The van der Waals surface area contributed by atoms with E-state index in [2.05, 4.69) is 20.7 Å². The zero-order chi connectivity index (χ0) is 19.6. The molecule has 0 saturated heterocycles. The van der Waals surface area contributed by atoms with Crippen LogP contribution < -0.4 is 16.3 Å². The van der Waals surface area contributed by atoms with Crippen LogP contribution in [0.2, 0.25) is 0 Å². The second-order valence-corrected chi connectivity index (χ2v) is 6.63. The number of fused-ring (bicyclic) bond motifs is 1. The zero-order valence-electron chi connectivity index (χ0n) is 16.0. The van der Waals surface area contributed by atoms with E-state index < -0.39 is 5.69 Å². The summed E-state index contributed by atoms with van der Waals surface area (Å²) in [5.41, 5.74) is 3.92. The molecule has 0 spiro atoms. The minimum Gasteiger partial charge on any atom is -0.355 e. The largest absolute Gasteiger partial charge is 0.355 e. The van der Waals surface area contributed by atoms with E-state index in [4.69, 9.17) is 0 Å². The lowest BCUT2D eigenvalue weighted by atomic mass is 10.1. The van der Waals surface area contributed by atoms with E-state index in [9.17, 15) is 9.59 Å². The van der Waals surface area contributed by atoms with Gasteiger partial charge in [-0.15, -0.1) is 5.10 Å². The molecule has 1 amide bonds. The summed E-state index contributed by atoms with van der Waals surface area (Å²) in [4.78, 5) is 29.2. The highest BCUT2D eigenvalue weighted by atomic mass is 16.2. The second kappa shape index (κ2) is 7.61. The number of nitrogens with zero attached hydrogens (tertiary/aromatic N) is 4. The van der Waals surface area contributed by atoms with Crippen LogP contribution in [0.5, 0.6) is 0 Å². The van der Waals surface area contributed by atoms with Gasteiger partial charge in [-0.3, -0.25) is 4.79 Å². The molecule has 2 heterocycles. The molecule has 1 aromatic carbocycles. The molecule has 0 fully saturated rings. The van der Waals surface area contributed by atoms with Gasteiger partial charge in [0.1, 0.15) is 6.54 Å². The smallest absolute Gasteiger partial charge is 0.353 e. The Morgan fingerprint density at radius 2 is 1.93 bits per heavy atom. The standard InChI is InChI=1S/C19H24N6O2/c1-5-8-20-17(26)11-24-19(27)25-16(23-24)10-14(4)21-18(25)22-15-7-6-12(2)13(3)9-15/h6-7,9-10H,5,8,11H2,1-4H3,(H,20,26)(H,21,22). The molecule has 0 bridgehead atoms. The molecule has 2 aromatic heterocycles. The van der Waals surface area contributed by atoms with E-state index in [1.165, 1.54) is 9.96 Å². The Morgan fingerprint density at radius 3 is 2.63 bits per heavy atom. The third-order valence-corrected chi connectivity index (χ3v) is 4.32. The third kappa shape index (κ3) is 3.99. The van der Waals surface area contributed by atoms with Gasteiger partial charge in [-0.1, -0.05) is 13.0 Å². The molecular formula is C19H24N6O2. The summed E-state index contributed by atoms with van der Waals surface area (Å²) in [6, 6.07) is 7.66. The number of amides is 1. The number of aromatic nitrogens is 4. The van der Waals surface area contributed by atoms with Gasteiger partial charge < -0.3 is 10.6 Å². The molecule has 0 radical (unpaired) electrons. The maximum Gasteiger partial charge on any atom is 0.353 e. The molecule has 8 nitrogen and oxygen atoms in total. The van der Waals surface area contributed by atoms with E-state index in [0.717, 1.165) is 28.0 Å². The fourth-order valence-corrected chi connectivity index (χ4v) is 2.74. The van der Waals surface area contributed by atoms with Crippen molar-refractivity contribution in [3.05, 3.63) is 51.6 Å². The van der Waals surface area contributed by atoms with Gasteiger partial charge in [-0.25, -0.2) is 18.9 Å². The van der Waals surface area contributed by atoms with E-state index in [0.29, 0.717) is 18.1 Å². The number of aryl methyl sites for hydroxylation is 3. The predicted molar refractivity (Wildman–Crippen MR) is 104 cm³/mol. The van der Waals surface area contributed by atoms with Gasteiger partial charge in [-0.05, 0) is 50.5 Å². The predicted octanol–water partition coefficient (Wildman–Crippen LogP) is 2.09. The fraction of sp³-hybridized carbons (Fsp3) is 0.368. The number of hydrogen-bond donors (Lipinski definition) is 2. The number of carbonyl (C=O) groups is 1. The van der Waals surface area contributed by atoms with Crippen molar-refractivity contribution >= 4 is 23.2 Å². The Kier molecular flexibility index (Phi) is 5.25. The van der Waals surface area contributed by atoms with Gasteiger partial charge >= 0.3 is 5.69 Å². The van der Waals surface area contributed by atoms with E-state index >= 15 is 0 Å². The van der Waals surface area contributed by atoms with Crippen LogP contribution in [0.25, 0.3) is 5.65 Å². The van der Waals surface area contributed by atoms with Gasteiger partial charge in [-0.2, -0.15) is 0 Å². The molecule has 0 aliphatic heterocycles. The summed E-state index contributed by atoms with van der Waals surface area (Å²) in [5, 5.41) is 10.2. The first-order valence-electron chi connectivity index (χ1n) is 8.97. The molecule has 3 aromatic rings. The van der Waals surface area contributed by atoms with Crippen LogP contribution in [0.3, 0.4) is 0 Å². The number of benzene rings is 1. The second-order valence-electron chi connectivity index (χ2n) is 6.63. The maximum atomic E-state index is 12.8. The molecule has 27 heavy (non-hydrogen) atoms. The minimum atomic E-state index is -0.407. The molecule has 2 N–H and O–H groups in total. The summed E-state index contributed by atoms with van der Waals surface area (Å²) >= 11 is 0. The Balaban J connectivity index is 1.99. The molecule has 0 aliphatic rings. The van der Waals surface area contributed by atoms with Crippen molar-refractivity contribution in [1.82, 2.24) is 24.5 Å². The van der Waals surface area contributed by atoms with Crippen molar-refractivity contribution in [2.24, 2.45) is 0 Å². The molecule has 3 rings (SSSR count). The minimum absolute atomic E-state index is 0.122. The zero-order valence-corrected chi connectivity index (χ0v) is 16.0. The highest BCUT2D eigenvalue weighted by Crippen LogP contribution is 2.19. The van der Waals surface area contributed by atoms with E-state index in [1.807, 2.05) is 45.9 Å². The van der Waals surface area contributed by atoms with Crippen LogP contribution in [0.15, 0.2) is 29.1 Å². The van der Waals surface area contributed by atoms with Crippen molar-refractivity contribution in [2.45, 2.75) is 40.7 Å². The quantitative estimate of drug-likeness (QED) is 0.695. The topological polar surface area (TPSA) is 93.3 Å². The van der Waals surface area contributed by atoms with Crippen molar-refractivity contribution in [3.63, 3.8) is 0 Å². The Bertz CT molecular complexity index is 1050. The monoisotopic (exact) mass is 368 g/mol. The van der Waals surface area contributed by atoms with Crippen LogP contribution in [-0.4, -0.2) is 31.6 Å². The van der Waals surface area contributed by atoms with Crippen LogP contribution in [0.4, 0.5) is 11.6 Å². The van der Waals surface area contributed by atoms with E-state index in [1.54, 1.807) is 6.07 Å². The molecule has 8 heteroatoms. The first-order valence-corrected chi connectivity index (χ1v) is 8.97. The van der Waals surface area contributed by atoms with Crippen LogP contribution in [0.1, 0.15) is 30.2 Å². The normalized spacial score (nSPS) is 11.0. The first kappa shape index (κ1) is 18.6. The lowest BCUT2D eigenvalue weighted by Gasteiger charge is -2.09. The highest BCUT2D eigenvalue weighted by Gasteiger charge is 2.15. The van der Waals surface area contributed by atoms with Gasteiger partial charge in [0.05, 0.1) is 0 Å². The van der Waals surface area contributed by atoms with Gasteiger partial charge in [0.25, 0.3) is 0 Å². The molecule has 0 aliphatic carbocycles. The van der Waals surface area contributed by atoms with Crippen molar-refractivity contribution < 1.29 is 4.79 Å². The first-order chi connectivity index (χ1) is 12.9. The number of rotatable bonds is 6. The van der Waals surface area contributed by atoms with Crippen molar-refractivity contribution in [2.75, 3.05) is 11.9 Å². The Morgan fingerprint density at radius 1 is 1.15 bits per heavy atom. The Hall–Kier alpha value is -3.16. The number of carbonyl (C=O) groups excluding carboxylic acids is 1. The summed E-state index contributed by atoms with van der Waals surface area (Å²) in [6.45, 7) is 8.32. The maximum absolute atomic E-state index is 12.8. The van der Waals surface area contributed by atoms with Gasteiger partial charge in [0.2, 0.25) is 11.9 Å². The molecule has 0 atom stereocenters. The van der Waals surface area contributed by atoms with Crippen molar-refractivity contribution in [1.29, 1.82) is 0 Å². The van der Waals surface area contributed by atoms with Gasteiger partial charge in [0.15, 0.2) is 5.65 Å². The SMILES string of the molecule is CCCNC(=O)Cn1nc2cc(C)nc(Nc3ccc(C)c(C)c3)n2c1=O. The average Bonchev–Trinajstić information content (AvgIpc) is 2.91. The highest BCUT2D eigenvalue weighted by molar-refractivity contribution is 5.75. The third-order valence-electron chi connectivity index (χ3n) is 4.32. The average molecular weight is 368 g/mol. The summed E-state index contributed by atoms with van der Waals surface area (Å²) in [6.07, 6.45) is 0.832. The summed E-state index contributed by atoms with van der Waals surface area (Å²) < 4.78 is 2.54. The summed E-state index contributed by atoms with van der Waals surface area (Å²) in [7, 11) is 0. The Labute approximate surface area is 157 Å². The molecule has 0 unspecified atom stereocenters.